The van der Waals surface area contributed by atoms with Crippen molar-refractivity contribution < 1.29 is 9.13 Å². The van der Waals surface area contributed by atoms with Crippen LogP contribution in [0.5, 0.6) is 5.75 Å². The van der Waals surface area contributed by atoms with Gasteiger partial charge in [-0.05, 0) is 54.7 Å². The van der Waals surface area contributed by atoms with E-state index in [1.807, 2.05) is 18.2 Å². The van der Waals surface area contributed by atoms with Crippen molar-refractivity contribution in [3.05, 3.63) is 65.0 Å². The van der Waals surface area contributed by atoms with Crippen LogP contribution in [0.2, 0.25) is 0 Å². The molecule has 0 aromatic heterocycles. The van der Waals surface area contributed by atoms with Crippen LogP contribution in [0.3, 0.4) is 0 Å². The largest absolute Gasteiger partial charge is 0.492 e. The second kappa shape index (κ2) is 6.60. The molecule has 1 fully saturated rings. The molecule has 1 saturated carbocycles. The van der Waals surface area contributed by atoms with Crippen LogP contribution in [0.4, 0.5) is 4.39 Å². The third-order valence-corrected chi connectivity index (χ3v) is 5.43. The highest BCUT2D eigenvalue weighted by Crippen LogP contribution is 2.48. The number of hydrogen-bond acceptors (Lipinski definition) is 3. The summed E-state index contributed by atoms with van der Waals surface area (Å²) in [5.74, 6) is 0.647. The van der Waals surface area contributed by atoms with Crippen molar-refractivity contribution in [3.8, 4) is 5.75 Å². The maximum Gasteiger partial charge on any atom is 0.123 e. The lowest BCUT2D eigenvalue weighted by Crippen LogP contribution is -2.44. The second-order valence-electron chi connectivity index (χ2n) is 6.88. The Morgan fingerprint density at radius 3 is 2.60 bits per heavy atom. The fourth-order valence-electron chi connectivity index (χ4n) is 4.00. The molecule has 1 aliphatic heterocycles. The van der Waals surface area contributed by atoms with E-state index in [4.69, 9.17) is 15.5 Å². The van der Waals surface area contributed by atoms with E-state index in [1.54, 1.807) is 12.1 Å². The lowest BCUT2D eigenvalue weighted by Gasteiger charge is -2.45. The SMILES string of the molecule is NCCOc1ccc2c(c1)C(C1(c3ccc(F)cc3)CCC1)=NCC2. The number of nitrogens with zero attached hydrogens (tertiary/aromatic N) is 1. The molecule has 1 aliphatic carbocycles. The van der Waals surface area contributed by atoms with Crippen LogP contribution in [0.1, 0.15) is 36.0 Å². The molecule has 0 bridgehead atoms. The van der Waals surface area contributed by atoms with E-state index in [0.717, 1.165) is 37.3 Å². The summed E-state index contributed by atoms with van der Waals surface area (Å²) in [5.41, 5.74) is 10.3. The molecule has 0 unspecified atom stereocenters. The Labute approximate surface area is 147 Å². The maximum atomic E-state index is 13.4. The normalized spacial score (nSPS) is 18.1. The molecule has 0 spiro atoms. The summed E-state index contributed by atoms with van der Waals surface area (Å²) in [4.78, 5) is 4.93. The monoisotopic (exact) mass is 338 g/mol. The van der Waals surface area contributed by atoms with Crippen molar-refractivity contribution >= 4 is 5.71 Å². The third-order valence-electron chi connectivity index (χ3n) is 5.43. The van der Waals surface area contributed by atoms with E-state index in [1.165, 1.54) is 23.1 Å². The lowest BCUT2D eigenvalue weighted by molar-refractivity contribution is 0.327. The number of hydrogen-bond donors (Lipinski definition) is 1. The lowest BCUT2D eigenvalue weighted by atomic mass is 9.59. The van der Waals surface area contributed by atoms with Crippen molar-refractivity contribution in [2.45, 2.75) is 31.1 Å². The van der Waals surface area contributed by atoms with Gasteiger partial charge >= 0.3 is 0 Å². The third kappa shape index (κ3) is 2.85. The minimum Gasteiger partial charge on any atom is -0.492 e. The molecule has 0 saturated heterocycles. The molecule has 2 aromatic rings. The molecule has 2 aromatic carbocycles. The number of rotatable bonds is 5. The van der Waals surface area contributed by atoms with Crippen LogP contribution in [-0.4, -0.2) is 25.4 Å². The van der Waals surface area contributed by atoms with Gasteiger partial charge in [0, 0.05) is 24.1 Å². The Morgan fingerprint density at radius 2 is 1.92 bits per heavy atom. The molecule has 0 radical (unpaired) electrons. The number of benzene rings is 2. The topological polar surface area (TPSA) is 47.6 Å². The van der Waals surface area contributed by atoms with Gasteiger partial charge in [0.15, 0.2) is 0 Å². The Balaban J connectivity index is 1.75. The fraction of sp³-hybridized carbons (Fsp3) is 0.381. The first-order valence-corrected chi connectivity index (χ1v) is 9.00. The summed E-state index contributed by atoms with van der Waals surface area (Å²) in [6, 6.07) is 13.2. The molecule has 3 nitrogen and oxygen atoms in total. The summed E-state index contributed by atoms with van der Waals surface area (Å²) in [6.45, 7) is 1.82. The smallest absolute Gasteiger partial charge is 0.123 e. The van der Waals surface area contributed by atoms with Gasteiger partial charge in [-0.3, -0.25) is 4.99 Å². The molecular formula is C21H23FN2O. The Bertz CT molecular complexity index is 794. The molecule has 130 valence electrons. The molecule has 2 aliphatic rings. The van der Waals surface area contributed by atoms with Crippen LogP contribution in [0.25, 0.3) is 0 Å². The van der Waals surface area contributed by atoms with Crippen molar-refractivity contribution in [2.75, 3.05) is 19.7 Å². The van der Waals surface area contributed by atoms with Crippen molar-refractivity contribution in [1.29, 1.82) is 0 Å². The summed E-state index contributed by atoms with van der Waals surface area (Å²) in [5, 5.41) is 0. The molecule has 0 atom stereocenters. The average Bonchev–Trinajstić information content (AvgIpc) is 2.61. The number of halogens is 1. The van der Waals surface area contributed by atoms with Crippen LogP contribution >= 0.6 is 0 Å². The predicted molar refractivity (Wildman–Crippen MR) is 98.0 cm³/mol. The number of nitrogens with two attached hydrogens (primary N) is 1. The number of aliphatic imine (C=N–C) groups is 1. The molecular weight excluding hydrogens is 315 g/mol. The van der Waals surface area contributed by atoms with Gasteiger partial charge in [-0.15, -0.1) is 0 Å². The van der Waals surface area contributed by atoms with Gasteiger partial charge in [-0.1, -0.05) is 24.6 Å². The van der Waals surface area contributed by atoms with E-state index in [-0.39, 0.29) is 11.2 Å². The quantitative estimate of drug-likeness (QED) is 0.905. The molecule has 4 rings (SSSR count). The Kier molecular flexibility index (Phi) is 4.30. The van der Waals surface area contributed by atoms with Gasteiger partial charge < -0.3 is 10.5 Å². The highest BCUT2D eigenvalue weighted by atomic mass is 19.1. The number of fused-ring (bicyclic) bond motifs is 1. The van der Waals surface area contributed by atoms with Crippen LogP contribution in [0, 0.1) is 5.82 Å². The predicted octanol–water partition coefficient (Wildman–Crippen LogP) is 3.63. The second-order valence-corrected chi connectivity index (χ2v) is 6.88. The van der Waals surface area contributed by atoms with Crippen LogP contribution in [-0.2, 0) is 11.8 Å². The molecule has 1 heterocycles. The van der Waals surface area contributed by atoms with E-state index in [2.05, 4.69) is 12.1 Å². The first-order chi connectivity index (χ1) is 12.2. The summed E-state index contributed by atoms with van der Waals surface area (Å²) < 4.78 is 19.1. The highest BCUT2D eigenvalue weighted by molar-refractivity contribution is 6.10. The van der Waals surface area contributed by atoms with Gasteiger partial charge in [0.25, 0.3) is 0 Å². The summed E-state index contributed by atoms with van der Waals surface area (Å²) >= 11 is 0. The zero-order chi connectivity index (χ0) is 17.3. The van der Waals surface area contributed by atoms with Gasteiger partial charge in [-0.25, -0.2) is 4.39 Å². The van der Waals surface area contributed by atoms with Crippen molar-refractivity contribution in [2.24, 2.45) is 10.7 Å². The van der Waals surface area contributed by atoms with E-state index < -0.39 is 0 Å². The first kappa shape index (κ1) is 16.3. The molecule has 25 heavy (non-hydrogen) atoms. The minimum absolute atomic E-state index is 0.0879. The van der Waals surface area contributed by atoms with Gasteiger partial charge in [0.1, 0.15) is 18.2 Å². The summed E-state index contributed by atoms with van der Waals surface area (Å²) in [6.07, 6.45) is 4.25. The van der Waals surface area contributed by atoms with Crippen molar-refractivity contribution in [1.82, 2.24) is 0 Å². The zero-order valence-electron chi connectivity index (χ0n) is 14.3. The van der Waals surface area contributed by atoms with Crippen LogP contribution in [0.15, 0.2) is 47.5 Å². The van der Waals surface area contributed by atoms with Crippen molar-refractivity contribution in [3.63, 3.8) is 0 Å². The minimum atomic E-state index is -0.193. The summed E-state index contributed by atoms with van der Waals surface area (Å²) in [7, 11) is 0. The maximum absolute atomic E-state index is 13.4. The molecule has 2 N–H and O–H groups in total. The van der Waals surface area contributed by atoms with E-state index >= 15 is 0 Å². The zero-order valence-corrected chi connectivity index (χ0v) is 14.3. The van der Waals surface area contributed by atoms with Gasteiger partial charge in [0.2, 0.25) is 0 Å². The molecule has 0 amide bonds. The van der Waals surface area contributed by atoms with E-state index in [9.17, 15) is 4.39 Å². The number of ether oxygens (including phenoxy) is 1. The standard InChI is InChI=1S/C21H23FN2O/c22-17-5-3-16(4-6-17)21(9-1-10-21)20-19-14-18(25-13-11-23)7-2-15(19)8-12-24-20/h2-7,14H,1,8-13,23H2. The average molecular weight is 338 g/mol. The Morgan fingerprint density at radius 1 is 1.12 bits per heavy atom. The van der Waals surface area contributed by atoms with E-state index in [0.29, 0.717) is 13.2 Å². The van der Waals surface area contributed by atoms with Gasteiger partial charge in [0.05, 0.1) is 5.71 Å². The Hall–Kier alpha value is -2.20. The van der Waals surface area contributed by atoms with Gasteiger partial charge in [-0.2, -0.15) is 0 Å². The first-order valence-electron chi connectivity index (χ1n) is 9.00. The fourth-order valence-corrected chi connectivity index (χ4v) is 4.00. The highest BCUT2D eigenvalue weighted by Gasteiger charge is 2.45. The molecule has 4 heteroatoms. The van der Waals surface area contributed by atoms with Crippen LogP contribution < -0.4 is 10.5 Å².